The molecule has 2 heterocycles. The second-order valence-electron chi connectivity index (χ2n) is 14.9. The molecule has 4 nitrogen and oxygen atoms in total. The normalized spacial score (nSPS) is 13.1. The third-order valence-corrected chi connectivity index (χ3v) is 11.3. The van der Waals surface area contributed by atoms with Crippen molar-refractivity contribution >= 4 is 43.5 Å². The average molecular weight is 692 g/mol. The molecule has 0 fully saturated rings. The van der Waals surface area contributed by atoms with Crippen LogP contribution in [-0.4, -0.2) is 15.0 Å². The molecule has 0 spiro atoms. The van der Waals surface area contributed by atoms with Gasteiger partial charge in [-0.2, -0.15) is 0 Å². The van der Waals surface area contributed by atoms with Crippen molar-refractivity contribution in [3.05, 3.63) is 175 Å². The van der Waals surface area contributed by atoms with Gasteiger partial charge >= 0.3 is 0 Å². The molecule has 0 N–H and O–H groups in total. The van der Waals surface area contributed by atoms with E-state index in [0.29, 0.717) is 17.5 Å². The Balaban J connectivity index is 0.974. The molecular weight excluding hydrogens is 659 g/mol. The number of hydrogen-bond acceptors (Lipinski definition) is 4. The SMILES string of the molecule is CC1(C)c2cc(-c3ccc(-c4nc(-c5ccccc5)nc(-c5ccccc5)n4)cc3)cc3ccc4cc(-c5ccc6c(c5)oc5ccccc56)cc1c4c23. The van der Waals surface area contributed by atoms with Crippen LogP contribution in [-0.2, 0) is 5.41 Å². The van der Waals surface area contributed by atoms with E-state index in [9.17, 15) is 0 Å². The first-order valence-electron chi connectivity index (χ1n) is 18.4. The molecule has 0 saturated heterocycles. The van der Waals surface area contributed by atoms with Crippen LogP contribution in [0, 0.1) is 0 Å². The lowest BCUT2D eigenvalue weighted by atomic mass is 9.80. The van der Waals surface area contributed by atoms with Gasteiger partial charge in [0.2, 0.25) is 0 Å². The molecular formula is C50H33N3O. The molecule has 4 heteroatoms. The largest absolute Gasteiger partial charge is 0.456 e. The lowest BCUT2D eigenvalue weighted by Crippen LogP contribution is -2.15. The molecule has 0 saturated carbocycles. The van der Waals surface area contributed by atoms with Gasteiger partial charge in [-0.1, -0.05) is 135 Å². The van der Waals surface area contributed by atoms with Crippen molar-refractivity contribution in [3.63, 3.8) is 0 Å². The summed E-state index contributed by atoms with van der Waals surface area (Å²) in [6, 6.07) is 57.8. The molecule has 10 aromatic rings. The molecule has 0 amide bonds. The number of fused-ring (bicyclic) bond motifs is 3. The predicted molar refractivity (Wildman–Crippen MR) is 221 cm³/mol. The summed E-state index contributed by atoms with van der Waals surface area (Å²) < 4.78 is 6.28. The summed E-state index contributed by atoms with van der Waals surface area (Å²) in [6.07, 6.45) is 0. The number of furan rings is 1. The van der Waals surface area contributed by atoms with Crippen LogP contribution >= 0.6 is 0 Å². The Morgan fingerprint density at radius 1 is 0.370 bits per heavy atom. The van der Waals surface area contributed by atoms with Crippen LogP contribution < -0.4 is 0 Å². The van der Waals surface area contributed by atoms with Crippen molar-refractivity contribution in [1.29, 1.82) is 0 Å². The topological polar surface area (TPSA) is 51.8 Å². The van der Waals surface area contributed by atoms with Crippen LogP contribution in [0.15, 0.2) is 168 Å². The van der Waals surface area contributed by atoms with Crippen LogP contribution in [0.3, 0.4) is 0 Å². The van der Waals surface area contributed by atoms with Crippen molar-refractivity contribution in [2.45, 2.75) is 19.3 Å². The molecule has 0 atom stereocenters. The summed E-state index contributed by atoms with van der Waals surface area (Å²) in [5, 5.41) is 7.56. The maximum atomic E-state index is 6.28. The van der Waals surface area contributed by atoms with Gasteiger partial charge in [0.15, 0.2) is 17.5 Å². The van der Waals surface area contributed by atoms with E-state index in [1.54, 1.807) is 0 Å². The molecule has 8 aromatic carbocycles. The second-order valence-corrected chi connectivity index (χ2v) is 14.9. The monoisotopic (exact) mass is 691 g/mol. The Morgan fingerprint density at radius 3 is 1.43 bits per heavy atom. The fraction of sp³-hybridized carbons (Fsp3) is 0.0600. The van der Waals surface area contributed by atoms with Crippen LogP contribution in [0.4, 0.5) is 0 Å². The first-order valence-corrected chi connectivity index (χ1v) is 18.4. The third-order valence-electron chi connectivity index (χ3n) is 11.3. The Bertz CT molecular complexity index is 3050. The Kier molecular flexibility index (Phi) is 6.56. The maximum absolute atomic E-state index is 6.28. The van der Waals surface area contributed by atoms with E-state index in [-0.39, 0.29) is 5.41 Å². The average Bonchev–Trinajstić information content (AvgIpc) is 3.72. The van der Waals surface area contributed by atoms with Gasteiger partial charge in [0.1, 0.15) is 11.2 Å². The first kappa shape index (κ1) is 30.7. The van der Waals surface area contributed by atoms with Crippen molar-refractivity contribution in [1.82, 2.24) is 15.0 Å². The summed E-state index contributed by atoms with van der Waals surface area (Å²) in [5.41, 5.74) is 12.0. The lowest BCUT2D eigenvalue weighted by Gasteiger charge is -2.23. The van der Waals surface area contributed by atoms with E-state index in [0.717, 1.165) is 49.8 Å². The quantitative estimate of drug-likeness (QED) is 0.169. The first-order chi connectivity index (χ1) is 26.5. The van der Waals surface area contributed by atoms with Crippen LogP contribution in [0.2, 0.25) is 0 Å². The zero-order valence-corrected chi connectivity index (χ0v) is 29.8. The third kappa shape index (κ3) is 4.73. The van der Waals surface area contributed by atoms with Crippen molar-refractivity contribution in [2.75, 3.05) is 0 Å². The van der Waals surface area contributed by atoms with E-state index in [1.807, 2.05) is 72.8 Å². The summed E-state index contributed by atoms with van der Waals surface area (Å²) in [5.74, 6) is 1.97. The minimum atomic E-state index is -0.178. The molecule has 2 aromatic heterocycles. The zero-order chi connectivity index (χ0) is 36.0. The summed E-state index contributed by atoms with van der Waals surface area (Å²) in [7, 11) is 0. The molecule has 11 rings (SSSR count). The van der Waals surface area contributed by atoms with E-state index in [4.69, 9.17) is 19.4 Å². The summed E-state index contributed by atoms with van der Waals surface area (Å²) >= 11 is 0. The van der Waals surface area contributed by atoms with Crippen LogP contribution in [0.25, 0.3) is 99.9 Å². The molecule has 0 unspecified atom stereocenters. The van der Waals surface area contributed by atoms with E-state index in [2.05, 4.69) is 105 Å². The highest BCUT2D eigenvalue weighted by molar-refractivity contribution is 6.17. The number of rotatable bonds is 5. The van der Waals surface area contributed by atoms with Gasteiger partial charge in [-0.15, -0.1) is 0 Å². The minimum absolute atomic E-state index is 0.178. The fourth-order valence-electron chi connectivity index (χ4n) is 8.45. The maximum Gasteiger partial charge on any atom is 0.164 e. The molecule has 54 heavy (non-hydrogen) atoms. The molecule has 0 bridgehead atoms. The van der Waals surface area contributed by atoms with Crippen molar-refractivity contribution in [2.24, 2.45) is 0 Å². The van der Waals surface area contributed by atoms with Gasteiger partial charge < -0.3 is 4.42 Å². The Morgan fingerprint density at radius 2 is 0.833 bits per heavy atom. The molecule has 1 aliphatic rings. The highest BCUT2D eigenvalue weighted by Crippen LogP contribution is 2.51. The van der Waals surface area contributed by atoms with Gasteiger partial charge in [-0.25, -0.2) is 15.0 Å². The standard InChI is InChI=1S/C50H33N3O/c1-50(2)41-27-37(30-17-19-33(20-18-30)49-52-47(31-11-5-3-6-12-31)51-48(53-49)32-13-7-4-8-14-32)25-35-21-22-36-26-38(28-42(50)46(36)45(35)41)34-23-24-40-39-15-9-10-16-43(39)54-44(40)29-34/h3-29H,1-2H3. The number of hydrogen-bond donors (Lipinski definition) is 0. The molecule has 254 valence electrons. The number of nitrogens with zero attached hydrogens (tertiary/aromatic N) is 3. The van der Waals surface area contributed by atoms with E-state index in [1.165, 1.54) is 43.8 Å². The van der Waals surface area contributed by atoms with E-state index < -0.39 is 0 Å². The predicted octanol–water partition coefficient (Wildman–Crippen LogP) is 13.1. The van der Waals surface area contributed by atoms with Crippen molar-refractivity contribution in [3.8, 4) is 56.4 Å². The summed E-state index contributed by atoms with van der Waals surface area (Å²) in [6.45, 7) is 4.73. The Hall–Kier alpha value is -6.91. The smallest absolute Gasteiger partial charge is 0.164 e. The zero-order valence-electron chi connectivity index (χ0n) is 29.8. The number of benzene rings is 8. The molecule has 0 radical (unpaired) electrons. The highest BCUT2D eigenvalue weighted by atomic mass is 16.3. The second kappa shape index (κ2) is 11.5. The summed E-state index contributed by atoms with van der Waals surface area (Å²) in [4.78, 5) is 14.7. The van der Waals surface area contributed by atoms with Crippen molar-refractivity contribution < 1.29 is 4.42 Å². The van der Waals surface area contributed by atoms with E-state index >= 15 is 0 Å². The van der Waals surface area contributed by atoms with Gasteiger partial charge in [0.25, 0.3) is 0 Å². The van der Waals surface area contributed by atoms with Crippen LogP contribution in [0.5, 0.6) is 0 Å². The highest BCUT2D eigenvalue weighted by Gasteiger charge is 2.35. The Labute approximate surface area is 312 Å². The van der Waals surface area contributed by atoms with Gasteiger partial charge in [0, 0.05) is 32.9 Å². The fourth-order valence-corrected chi connectivity index (χ4v) is 8.45. The minimum Gasteiger partial charge on any atom is -0.456 e. The number of aromatic nitrogens is 3. The molecule has 0 aliphatic heterocycles. The molecule has 1 aliphatic carbocycles. The van der Waals surface area contributed by atoms with Gasteiger partial charge in [-0.3, -0.25) is 0 Å². The van der Waals surface area contributed by atoms with Gasteiger partial charge in [-0.05, 0) is 97.4 Å². The van der Waals surface area contributed by atoms with Gasteiger partial charge in [0.05, 0.1) is 0 Å². The lowest BCUT2D eigenvalue weighted by molar-refractivity contribution is 0.663. The number of para-hydroxylation sites is 1. The van der Waals surface area contributed by atoms with Crippen LogP contribution in [0.1, 0.15) is 25.0 Å².